The van der Waals surface area contributed by atoms with Crippen molar-refractivity contribution < 1.29 is 5.11 Å². The van der Waals surface area contributed by atoms with Gasteiger partial charge in [0.25, 0.3) is 0 Å². The molecule has 0 saturated carbocycles. The third-order valence-corrected chi connectivity index (χ3v) is 2.50. The summed E-state index contributed by atoms with van der Waals surface area (Å²) in [5.41, 5.74) is 0.340. The lowest BCUT2D eigenvalue weighted by atomic mass is 10.3. The molecule has 1 aromatic rings. The zero-order valence-corrected chi connectivity index (χ0v) is 8.48. The summed E-state index contributed by atoms with van der Waals surface area (Å²) in [5.74, 6) is 0. The summed E-state index contributed by atoms with van der Waals surface area (Å²) in [5, 5.41) is 21.4. The van der Waals surface area contributed by atoms with Crippen LogP contribution in [0.1, 0.15) is 12.5 Å². The highest BCUT2D eigenvalue weighted by Gasteiger charge is 2.11. The third-order valence-electron chi connectivity index (χ3n) is 1.32. The molecule has 2 N–H and O–H groups in total. The van der Waals surface area contributed by atoms with E-state index in [4.69, 9.17) is 22.0 Å². The van der Waals surface area contributed by atoms with E-state index >= 15 is 0 Å². The zero-order valence-electron chi connectivity index (χ0n) is 6.91. The van der Waals surface area contributed by atoms with Gasteiger partial charge in [-0.15, -0.1) is 0 Å². The molecule has 0 aliphatic rings. The number of aliphatic hydroxyl groups excluding tert-OH is 1. The molecule has 0 aliphatic heterocycles. The Labute approximate surface area is 84.9 Å². The number of rotatable bonds is 3. The summed E-state index contributed by atoms with van der Waals surface area (Å²) >= 11 is 6.75. The first-order valence-electron chi connectivity index (χ1n) is 3.62. The van der Waals surface area contributed by atoms with Crippen LogP contribution in [0.3, 0.4) is 0 Å². The topological polar surface area (TPSA) is 68.9 Å². The monoisotopic (exact) mass is 217 g/mol. The van der Waals surface area contributed by atoms with Gasteiger partial charge in [0, 0.05) is 6.54 Å². The van der Waals surface area contributed by atoms with Crippen LogP contribution in [0.25, 0.3) is 0 Å². The van der Waals surface area contributed by atoms with Crippen molar-refractivity contribution in [2.45, 2.75) is 13.0 Å². The summed E-state index contributed by atoms with van der Waals surface area (Å²) in [4.78, 5) is 0. The van der Waals surface area contributed by atoms with Gasteiger partial charge in [0.05, 0.1) is 6.10 Å². The second-order valence-corrected chi connectivity index (χ2v) is 3.65. The van der Waals surface area contributed by atoms with Crippen molar-refractivity contribution in [2.75, 3.05) is 11.9 Å². The van der Waals surface area contributed by atoms with E-state index in [1.165, 1.54) is 0 Å². The lowest BCUT2D eigenvalue weighted by Crippen LogP contribution is -2.15. The molecule has 0 saturated heterocycles. The molecule has 70 valence electrons. The molecule has 1 atom stereocenters. The molecule has 1 rings (SSSR count). The molecule has 0 spiro atoms. The fraction of sp³-hybridized carbons (Fsp3) is 0.429. The van der Waals surface area contributed by atoms with Gasteiger partial charge in [0.1, 0.15) is 16.6 Å². The molecule has 0 aliphatic carbocycles. The molecular weight excluding hydrogens is 210 g/mol. The molecule has 0 amide bonds. The molecule has 1 heterocycles. The number of anilines is 1. The van der Waals surface area contributed by atoms with E-state index in [1.54, 1.807) is 6.92 Å². The van der Waals surface area contributed by atoms with Crippen molar-refractivity contribution in [3.05, 3.63) is 10.7 Å². The quantitative estimate of drug-likeness (QED) is 0.805. The molecule has 0 radical (unpaired) electrons. The Kier molecular flexibility index (Phi) is 3.48. The van der Waals surface area contributed by atoms with E-state index in [9.17, 15) is 0 Å². The van der Waals surface area contributed by atoms with Gasteiger partial charge in [-0.2, -0.15) is 9.64 Å². The number of hydrogen-bond donors (Lipinski definition) is 2. The Morgan fingerprint density at radius 1 is 1.85 bits per heavy atom. The van der Waals surface area contributed by atoms with Gasteiger partial charge in [-0.25, -0.2) is 0 Å². The first kappa shape index (κ1) is 10.3. The van der Waals surface area contributed by atoms with Crippen LogP contribution in [-0.4, -0.2) is 22.1 Å². The summed E-state index contributed by atoms with van der Waals surface area (Å²) < 4.78 is 3.81. The minimum atomic E-state index is -0.465. The van der Waals surface area contributed by atoms with Crippen molar-refractivity contribution in [3.63, 3.8) is 0 Å². The van der Waals surface area contributed by atoms with Crippen LogP contribution in [0.2, 0.25) is 5.15 Å². The van der Waals surface area contributed by atoms with Crippen molar-refractivity contribution in [2.24, 2.45) is 0 Å². The Hall–Kier alpha value is -0.830. The maximum Gasteiger partial charge on any atom is 0.162 e. The number of aromatic nitrogens is 1. The van der Waals surface area contributed by atoms with Gasteiger partial charge >= 0.3 is 0 Å². The Morgan fingerprint density at radius 2 is 2.54 bits per heavy atom. The highest BCUT2D eigenvalue weighted by Crippen LogP contribution is 2.27. The fourth-order valence-corrected chi connectivity index (χ4v) is 1.67. The minimum Gasteiger partial charge on any atom is -0.392 e. The summed E-state index contributed by atoms with van der Waals surface area (Å²) in [6, 6.07) is 1.94. The molecule has 1 unspecified atom stereocenters. The smallest absolute Gasteiger partial charge is 0.162 e. The van der Waals surface area contributed by atoms with Crippen molar-refractivity contribution in [3.8, 4) is 6.07 Å². The van der Waals surface area contributed by atoms with Crippen LogP contribution in [0.5, 0.6) is 0 Å². The highest BCUT2D eigenvalue weighted by atomic mass is 35.5. The molecule has 13 heavy (non-hydrogen) atoms. The van der Waals surface area contributed by atoms with E-state index in [2.05, 4.69) is 9.69 Å². The molecular formula is C7H8ClN3OS. The normalized spacial score (nSPS) is 12.2. The lowest BCUT2D eigenvalue weighted by molar-refractivity contribution is 0.208. The number of nitriles is 1. The average molecular weight is 218 g/mol. The van der Waals surface area contributed by atoms with Gasteiger partial charge < -0.3 is 10.4 Å². The van der Waals surface area contributed by atoms with Crippen molar-refractivity contribution in [1.82, 2.24) is 4.37 Å². The van der Waals surface area contributed by atoms with E-state index in [-0.39, 0.29) is 5.15 Å². The maximum absolute atomic E-state index is 8.99. The van der Waals surface area contributed by atoms with Gasteiger partial charge in [0.2, 0.25) is 0 Å². The minimum absolute atomic E-state index is 0.209. The summed E-state index contributed by atoms with van der Waals surface area (Å²) in [7, 11) is 0. The van der Waals surface area contributed by atoms with Crippen LogP contribution in [0.15, 0.2) is 0 Å². The Balaban J connectivity index is 2.73. The number of nitrogens with one attached hydrogen (secondary N) is 1. The third kappa shape index (κ3) is 2.56. The van der Waals surface area contributed by atoms with Gasteiger partial charge in [-0.05, 0) is 18.5 Å². The van der Waals surface area contributed by atoms with Crippen LogP contribution >= 0.6 is 23.1 Å². The second kappa shape index (κ2) is 4.42. The largest absolute Gasteiger partial charge is 0.392 e. The number of halogens is 1. The molecule has 6 heteroatoms. The summed E-state index contributed by atoms with van der Waals surface area (Å²) in [6.45, 7) is 2.04. The first-order chi connectivity index (χ1) is 6.15. The van der Waals surface area contributed by atoms with E-state index < -0.39 is 6.10 Å². The predicted molar refractivity (Wildman–Crippen MR) is 52.0 cm³/mol. The number of hydrogen-bond acceptors (Lipinski definition) is 5. The highest BCUT2D eigenvalue weighted by molar-refractivity contribution is 7.10. The van der Waals surface area contributed by atoms with Gasteiger partial charge in [-0.1, -0.05) is 11.6 Å². The molecule has 0 fully saturated rings. The lowest BCUT2D eigenvalue weighted by Gasteiger charge is -2.04. The van der Waals surface area contributed by atoms with Crippen molar-refractivity contribution in [1.29, 1.82) is 5.26 Å². The molecule has 4 nitrogen and oxygen atoms in total. The van der Waals surface area contributed by atoms with Gasteiger partial charge in [0.15, 0.2) is 5.15 Å². The van der Waals surface area contributed by atoms with E-state index in [1.807, 2.05) is 6.07 Å². The molecule has 1 aromatic heterocycles. The zero-order chi connectivity index (χ0) is 9.84. The first-order valence-corrected chi connectivity index (χ1v) is 4.77. The average Bonchev–Trinajstić information content (AvgIpc) is 2.42. The van der Waals surface area contributed by atoms with Crippen LogP contribution in [0.4, 0.5) is 5.00 Å². The van der Waals surface area contributed by atoms with Crippen molar-refractivity contribution >= 4 is 28.1 Å². The maximum atomic E-state index is 8.99. The molecule has 0 aromatic carbocycles. The van der Waals surface area contributed by atoms with E-state index in [0.717, 1.165) is 11.5 Å². The fourth-order valence-electron chi connectivity index (χ4n) is 0.729. The predicted octanol–water partition coefficient (Wildman–Crippen LogP) is 1.46. The Bertz CT molecular complexity index is 331. The summed E-state index contributed by atoms with van der Waals surface area (Å²) in [6.07, 6.45) is -0.465. The van der Waals surface area contributed by atoms with Crippen LogP contribution in [-0.2, 0) is 0 Å². The van der Waals surface area contributed by atoms with Crippen LogP contribution in [0, 0.1) is 11.3 Å². The van der Waals surface area contributed by atoms with Crippen LogP contribution < -0.4 is 5.32 Å². The number of aliphatic hydroxyl groups is 1. The molecule has 0 bridgehead atoms. The standard InChI is InChI=1S/C7H8ClN3OS/c1-4(12)3-10-7-5(2-9)6(8)11-13-7/h4,10,12H,3H2,1H3. The Morgan fingerprint density at radius 3 is 3.08 bits per heavy atom. The van der Waals surface area contributed by atoms with Gasteiger partial charge in [-0.3, -0.25) is 0 Å². The second-order valence-electron chi connectivity index (χ2n) is 2.52. The number of nitrogens with zero attached hydrogens (tertiary/aromatic N) is 2. The van der Waals surface area contributed by atoms with E-state index in [0.29, 0.717) is 17.1 Å². The SMILES string of the molecule is CC(O)CNc1snc(Cl)c1C#N.